The molecule has 0 aliphatic carbocycles. The van der Waals surface area contributed by atoms with Crippen molar-refractivity contribution in [2.24, 2.45) is 11.8 Å². The highest BCUT2D eigenvalue weighted by atomic mass is 16.5. The number of carbonyl (C=O) groups excluding carboxylic acids is 2. The lowest BCUT2D eigenvalue weighted by Crippen LogP contribution is -2.59. The lowest BCUT2D eigenvalue weighted by atomic mass is 9.70. The Hall–Kier alpha value is -2.91. The fourth-order valence-corrected chi connectivity index (χ4v) is 5.82. The van der Waals surface area contributed by atoms with Crippen molar-refractivity contribution in [3.05, 3.63) is 36.9 Å². The molecule has 3 saturated heterocycles. The second-order valence-electron chi connectivity index (χ2n) is 8.82. The Labute approximate surface area is 192 Å². The number of amides is 2. The first kappa shape index (κ1) is 23.3. The third-order valence-corrected chi connectivity index (χ3v) is 7.29. The van der Waals surface area contributed by atoms with Crippen LogP contribution in [-0.4, -0.2) is 76.9 Å². The summed E-state index contributed by atoms with van der Waals surface area (Å²) in [6, 6.07) is 5.30. The standard InChI is InChI=1S/C24H30N2O7/c1-4-12-25(15-6-8-16(32-3)9-7-15)22(29)20-24-11-10-17(33-24)18(23(30)31)19(24)21(28)26(20)14(5-2)13-27/h4,6-9,14,17-20,27H,1,5,10-13H2,2-3H3,(H,30,31)/t14-,17+,18-,19-,20+,24-/m0/s1. The van der Waals surface area contributed by atoms with E-state index in [1.165, 1.54) is 9.80 Å². The molecule has 2 N–H and O–H groups in total. The maximum atomic E-state index is 14.1. The highest BCUT2D eigenvalue weighted by Crippen LogP contribution is 2.59. The molecule has 0 saturated carbocycles. The number of aliphatic carboxylic acids is 1. The van der Waals surface area contributed by atoms with Crippen LogP contribution in [0.3, 0.4) is 0 Å². The van der Waals surface area contributed by atoms with E-state index >= 15 is 0 Å². The third-order valence-electron chi connectivity index (χ3n) is 7.29. The third kappa shape index (κ3) is 3.41. The van der Waals surface area contributed by atoms with E-state index in [2.05, 4.69) is 6.58 Å². The van der Waals surface area contributed by atoms with Gasteiger partial charge in [0, 0.05) is 12.2 Å². The smallest absolute Gasteiger partial charge is 0.310 e. The number of rotatable bonds is 9. The summed E-state index contributed by atoms with van der Waals surface area (Å²) < 4.78 is 11.4. The van der Waals surface area contributed by atoms with E-state index in [1.807, 2.05) is 6.92 Å². The number of hydrogen-bond acceptors (Lipinski definition) is 6. The highest BCUT2D eigenvalue weighted by Gasteiger charge is 2.75. The predicted molar refractivity (Wildman–Crippen MR) is 119 cm³/mol. The minimum Gasteiger partial charge on any atom is -0.497 e. The Morgan fingerprint density at radius 2 is 2.09 bits per heavy atom. The van der Waals surface area contributed by atoms with E-state index in [0.717, 1.165) is 0 Å². The summed E-state index contributed by atoms with van der Waals surface area (Å²) in [5.41, 5.74) is -0.636. The summed E-state index contributed by atoms with van der Waals surface area (Å²) >= 11 is 0. The van der Waals surface area contributed by atoms with Crippen LogP contribution in [0.25, 0.3) is 0 Å². The van der Waals surface area contributed by atoms with Gasteiger partial charge in [0.05, 0.1) is 37.7 Å². The first-order chi connectivity index (χ1) is 15.8. The number of hydrogen-bond donors (Lipinski definition) is 2. The average molecular weight is 459 g/mol. The molecule has 3 heterocycles. The van der Waals surface area contributed by atoms with Crippen LogP contribution in [0.2, 0.25) is 0 Å². The maximum Gasteiger partial charge on any atom is 0.310 e. The average Bonchev–Trinajstić information content (AvgIpc) is 3.46. The molecule has 6 atom stereocenters. The van der Waals surface area contributed by atoms with Gasteiger partial charge in [0.2, 0.25) is 5.91 Å². The number of carboxylic acids is 1. The Kier molecular flexibility index (Phi) is 6.20. The number of ether oxygens (including phenoxy) is 2. The molecule has 3 aliphatic rings. The first-order valence-corrected chi connectivity index (χ1v) is 11.2. The van der Waals surface area contributed by atoms with Crippen molar-refractivity contribution >= 4 is 23.5 Å². The van der Waals surface area contributed by atoms with Gasteiger partial charge in [-0.2, -0.15) is 0 Å². The Morgan fingerprint density at radius 3 is 2.64 bits per heavy atom. The normalized spacial score (nSPS) is 30.8. The van der Waals surface area contributed by atoms with Crippen LogP contribution in [-0.2, 0) is 19.1 Å². The molecule has 0 radical (unpaired) electrons. The van der Waals surface area contributed by atoms with Gasteiger partial charge in [-0.05, 0) is 43.5 Å². The molecule has 0 aromatic heterocycles. The van der Waals surface area contributed by atoms with Crippen LogP contribution in [0.5, 0.6) is 5.75 Å². The van der Waals surface area contributed by atoms with Gasteiger partial charge in [-0.15, -0.1) is 6.58 Å². The van der Waals surface area contributed by atoms with Crippen molar-refractivity contribution in [2.45, 2.75) is 50.0 Å². The number of carboxylic acid groups (broad SMARTS) is 1. The fourth-order valence-electron chi connectivity index (χ4n) is 5.82. The zero-order valence-electron chi connectivity index (χ0n) is 18.8. The van der Waals surface area contributed by atoms with Crippen LogP contribution in [0.15, 0.2) is 36.9 Å². The molecule has 3 fully saturated rings. The summed E-state index contributed by atoms with van der Waals surface area (Å²) in [6.07, 6.45) is 2.29. The van der Waals surface area contributed by atoms with Gasteiger partial charge >= 0.3 is 5.97 Å². The van der Waals surface area contributed by atoms with E-state index < -0.39 is 47.5 Å². The molecule has 9 nitrogen and oxygen atoms in total. The lowest BCUT2D eigenvalue weighted by Gasteiger charge is -2.39. The molecule has 2 bridgehead atoms. The maximum absolute atomic E-state index is 14.1. The molecule has 1 aromatic carbocycles. The molecule has 33 heavy (non-hydrogen) atoms. The number of aliphatic hydroxyl groups excluding tert-OH is 1. The summed E-state index contributed by atoms with van der Waals surface area (Å²) in [5, 5.41) is 19.9. The van der Waals surface area contributed by atoms with Gasteiger partial charge in [-0.3, -0.25) is 14.4 Å². The quantitative estimate of drug-likeness (QED) is 0.538. The lowest BCUT2D eigenvalue weighted by molar-refractivity contribution is -0.151. The van der Waals surface area contributed by atoms with Gasteiger partial charge in [0.1, 0.15) is 17.4 Å². The van der Waals surface area contributed by atoms with Crippen LogP contribution in [0.4, 0.5) is 5.69 Å². The summed E-state index contributed by atoms with van der Waals surface area (Å²) in [4.78, 5) is 42.7. The molecular formula is C24H30N2O7. The van der Waals surface area contributed by atoms with Crippen molar-refractivity contribution in [1.29, 1.82) is 0 Å². The van der Waals surface area contributed by atoms with Crippen LogP contribution < -0.4 is 9.64 Å². The minimum atomic E-state index is -1.23. The zero-order valence-corrected chi connectivity index (χ0v) is 18.8. The van der Waals surface area contributed by atoms with Crippen molar-refractivity contribution in [2.75, 3.05) is 25.2 Å². The number of fused-ring (bicyclic) bond motifs is 1. The molecule has 3 aliphatic heterocycles. The van der Waals surface area contributed by atoms with Crippen molar-refractivity contribution in [3.63, 3.8) is 0 Å². The molecule has 4 rings (SSSR count). The van der Waals surface area contributed by atoms with Crippen LogP contribution in [0, 0.1) is 11.8 Å². The predicted octanol–water partition coefficient (Wildman–Crippen LogP) is 1.44. The Morgan fingerprint density at radius 1 is 1.39 bits per heavy atom. The SMILES string of the molecule is C=CCN(C(=O)[C@H]1N([C@@H](CC)CO)C(=O)[C@@H]2[C@@H](C(=O)O)[C@H]3CC[C@]21O3)c1ccc(OC)cc1. The van der Waals surface area contributed by atoms with Crippen molar-refractivity contribution in [1.82, 2.24) is 4.90 Å². The van der Waals surface area contributed by atoms with Crippen molar-refractivity contribution in [3.8, 4) is 5.75 Å². The molecule has 9 heteroatoms. The number of carbonyl (C=O) groups is 3. The Balaban J connectivity index is 1.80. The van der Waals surface area contributed by atoms with E-state index in [1.54, 1.807) is 37.5 Å². The van der Waals surface area contributed by atoms with E-state index in [0.29, 0.717) is 30.7 Å². The number of aliphatic hydroxyl groups is 1. The van der Waals surface area contributed by atoms with E-state index in [-0.39, 0.29) is 19.1 Å². The van der Waals surface area contributed by atoms with Gasteiger partial charge in [0.25, 0.3) is 5.91 Å². The summed E-state index contributed by atoms with van der Waals surface area (Å²) in [7, 11) is 1.55. The summed E-state index contributed by atoms with van der Waals surface area (Å²) in [6.45, 7) is 5.44. The second kappa shape index (κ2) is 8.79. The number of benzene rings is 1. The van der Waals surface area contributed by atoms with E-state index in [9.17, 15) is 24.6 Å². The topological polar surface area (TPSA) is 117 Å². The molecule has 1 aromatic rings. The largest absolute Gasteiger partial charge is 0.497 e. The number of methoxy groups -OCH3 is 1. The van der Waals surface area contributed by atoms with Gasteiger partial charge < -0.3 is 29.5 Å². The van der Waals surface area contributed by atoms with E-state index in [4.69, 9.17) is 9.47 Å². The molecule has 2 amide bonds. The van der Waals surface area contributed by atoms with Gasteiger partial charge in [-0.1, -0.05) is 13.0 Å². The monoisotopic (exact) mass is 458 g/mol. The van der Waals surface area contributed by atoms with Crippen LogP contribution >= 0.6 is 0 Å². The first-order valence-electron chi connectivity index (χ1n) is 11.2. The zero-order chi connectivity index (χ0) is 23.9. The summed E-state index contributed by atoms with van der Waals surface area (Å²) in [5.74, 6) is -3.23. The van der Waals surface area contributed by atoms with Crippen LogP contribution in [0.1, 0.15) is 26.2 Å². The van der Waals surface area contributed by atoms with Crippen molar-refractivity contribution < 1.29 is 34.1 Å². The molecule has 1 spiro atoms. The van der Waals surface area contributed by atoms with Gasteiger partial charge in [-0.25, -0.2) is 0 Å². The number of nitrogens with zero attached hydrogens (tertiary/aromatic N) is 2. The second-order valence-corrected chi connectivity index (χ2v) is 8.82. The highest BCUT2D eigenvalue weighted by molar-refractivity contribution is 6.04. The minimum absolute atomic E-state index is 0.187. The molecule has 0 unspecified atom stereocenters. The number of anilines is 1. The fraction of sp³-hybridized carbons (Fsp3) is 0.542. The number of likely N-dealkylation sites (tertiary alicyclic amines) is 1. The molecular weight excluding hydrogens is 428 g/mol. The Bertz CT molecular complexity index is 945. The van der Waals surface area contributed by atoms with Gasteiger partial charge in [0.15, 0.2) is 0 Å². The molecule has 178 valence electrons.